The average Bonchev–Trinajstić information content (AvgIpc) is 2.75. The van der Waals surface area contributed by atoms with Gasteiger partial charge in [0.05, 0.1) is 19.9 Å². The van der Waals surface area contributed by atoms with Crippen molar-refractivity contribution in [1.29, 1.82) is 0 Å². The van der Waals surface area contributed by atoms with Crippen molar-refractivity contribution >= 4 is 11.6 Å². The SMILES string of the molecule is COc1ccc(C[NH2+][C@@H](C(=O)Nc2cc(C)ccc2OC)c2ccccc2)cc1. The quantitative estimate of drug-likeness (QED) is 0.618. The molecular weight excluding hydrogens is 364 g/mol. The zero-order valence-electron chi connectivity index (χ0n) is 17.0. The van der Waals surface area contributed by atoms with Gasteiger partial charge in [0.2, 0.25) is 0 Å². The number of hydrogen-bond acceptors (Lipinski definition) is 3. The Kier molecular flexibility index (Phi) is 6.87. The third kappa shape index (κ3) is 5.36. The van der Waals surface area contributed by atoms with Gasteiger partial charge in [-0.3, -0.25) is 4.79 Å². The molecule has 5 nitrogen and oxygen atoms in total. The Hall–Kier alpha value is -3.31. The lowest BCUT2D eigenvalue weighted by Gasteiger charge is -2.17. The van der Waals surface area contributed by atoms with Gasteiger partial charge in [0.1, 0.15) is 18.0 Å². The molecule has 0 fully saturated rings. The van der Waals surface area contributed by atoms with Gasteiger partial charge < -0.3 is 20.1 Å². The van der Waals surface area contributed by atoms with Crippen LogP contribution in [0.5, 0.6) is 11.5 Å². The third-order valence-electron chi connectivity index (χ3n) is 4.80. The molecule has 0 unspecified atom stereocenters. The maximum atomic E-state index is 13.2. The van der Waals surface area contributed by atoms with Gasteiger partial charge in [-0.15, -0.1) is 0 Å². The van der Waals surface area contributed by atoms with E-state index in [0.29, 0.717) is 18.0 Å². The van der Waals surface area contributed by atoms with Gasteiger partial charge >= 0.3 is 0 Å². The van der Waals surface area contributed by atoms with Crippen LogP contribution in [0, 0.1) is 6.92 Å². The molecule has 0 bridgehead atoms. The molecule has 0 aliphatic rings. The van der Waals surface area contributed by atoms with E-state index >= 15 is 0 Å². The fraction of sp³-hybridized carbons (Fsp3) is 0.208. The number of nitrogens with two attached hydrogens (primary N) is 1. The molecule has 0 saturated heterocycles. The molecule has 0 radical (unpaired) electrons. The molecule has 0 aliphatic heterocycles. The smallest absolute Gasteiger partial charge is 0.287 e. The first-order valence-electron chi connectivity index (χ1n) is 9.57. The average molecular weight is 391 g/mol. The van der Waals surface area contributed by atoms with E-state index in [1.54, 1.807) is 14.2 Å². The number of benzene rings is 3. The van der Waals surface area contributed by atoms with E-state index in [1.807, 2.05) is 85.0 Å². The van der Waals surface area contributed by atoms with E-state index in [-0.39, 0.29) is 11.9 Å². The highest BCUT2D eigenvalue weighted by molar-refractivity contribution is 5.95. The Balaban J connectivity index is 1.79. The fourth-order valence-corrected chi connectivity index (χ4v) is 3.20. The molecule has 150 valence electrons. The van der Waals surface area contributed by atoms with Crippen LogP contribution in [0.4, 0.5) is 5.69 Å². The molecule has 3 rings (SSSR count). The molecule has 1 amide bonds. The lowest BCUT2D eigenvalue weighted by atomic mass is 10.0. The predicted molar refractivity (Wildman–Crippen MR) is 114 cm³/mol. The topological polar surface area (TPSA) is 64.2 Å². The Morgan fingerprint density at radius 1 is 0.966 bits per heavy atom. The predicted octanol–water partition coefficient (Wildman–Crippen LogP) is 3.46. The van der Waals surface area contributed by atoms with E-state index in [9.17, 15) is 4.79 Å². The number of amides is 1. The zero-order valence-corrected chi connectivity index (χ0v) is 17.0. The molecule has 0 aromatic heterocycles. The van der Waals surface area contributed by atoms with Crippen molar-refractivity contribution in [3.63, 3.8) is 0 Å². The van der Waals surface area contributed by atoms with E-state index in [0.717, 1.165) is 22.4 Å². The fourth-order valence-electron chi connectivity index (χ4n) is 3.20. The first-order chi connectivity index (χ1) is 14.1. The van der Waals surface area contributed by atoms with Crippen LogP contribution in [-0.4, -0.2) is 20.1 Å². The van der Waals surface area contributed by atoms with Gasteiger partial charge in [0.15, 0.2) is 6.04 Å². The first-order valence-corrected chi connectivity index (χ1v) is 9.57. The Morgan fingerprint density at radius 2 is 1.69 bits per heavy atom. The molecule has 3 aromatic carbocycles. The van der Waals surface area contributed by atoms with Crippen LogP contribution in [0.2, 0.25) is 0 Å². The van der Waals surface area contributed by atoms with Crippen LogP contribution in [-0.2, 0) is 11.3 Å². The second-order valence-electron chi connectivity index (χ2n) is 6.87. The van der Waals surface area contributed by atoms with Crippen molar-refractivity contribution in [3.05, 3.63) is 89.5 Å². The minimum atomic E-state index is -0.386. The normalized spacial score (nSPS) is 11.6. The molecule has 0 aliphatic carbocycles. The summed E-state index contributed by atoms with van der Waals surface area (Å²) in [6, 6.07) is 23.0. The molecule has 3 aromatic rings. The molecular formula is C24H27N2O3+. The second kappa shape index (κ2) is 9.75. The molecule has 3 N–H and O–H groups in total. The second-order valence-corrected chi connectivity index (χ2v) is 6.87. The van der Waals surface area contributed by atoms with Gasteiger partial charge in [-0.05, 0) is 48.9 Å². The van der Waals surface area contributed by atoms with Crippen molar-refractivity contribution < 1.29 is 19.6 Å². The summed E-state index contributed by atoms with van der Waals surface area (Å²) >= 11 is 0. The van der Waals surface area contributed by atoms with E-state index in [4.69, 9.17) is 9.47 Å². The van der Waals surface area contributed by atoms with Crippen molar-refractivity contribution in [1.82, 2.24) is 0 Å². The van der Waals surface area contributed by atoms with Crippen molar-refractivity contribution in [2.75, 3.05) is 19.5 Å². The zero-order chi connectivity index (χ0) is 20.6. The van der Waals surface area contributed by atoms with Gasteiger partial charge in [-0.1, -0.05) is 36.4 Å². The molecule has 0 saturated carbocycles. The van der Waals surface area contributed by atoms with Crippen LogP contribution < -0.4 is 20.1 Å². The molecule has 0 heterocycles. The number of methoxy groups -OCH3 is 2. The van der Waals surface area contributed by atoms with Crippen LogP contribution in [0.25, 0.3) is 0 Å². The number of nitrogens with one attached hydrogen (secondary N) is 1. The Morgan fingerprint density at radius 3 is 2.34 bits per heavy atom. The van der Waals surface area contributed by atoms with Gasteiger partial charge in [0, 0.05) is 11.1 Å². The summed E-state index contributed by atoms with van der Waals surface area (Å²) in [6.45, 7) is 2.65. The summed E-state index contributed by atoms with van der Waals surface area (Å²) in [5.41, 5.74) is 3.80. The van der Waals surface area contributed by atoms with Gasteiger partial charge in [0.25, 0.3) is 5.91 Å². The Bertz CT molecular complexity index is 940. The number of rotatable bonds is 8. The maximum absolute atomic E-state index is 13.2. The van der Waals surface area contributed by atoms with Crippen molar-refractivity contribution in [2.45, 2.75) is 19.5 Å². The lowest BCUT2D eigenvalue weighted by Crippen LogP contribution is -2.85. The number of carbonyl (C=O) groups is 1. The highest BCUT2D eigenvalue weighted by atomic mass is 16.5. The monoisotopic (exact) mass is 391 g/mol. The van der Waals surface area contributed by atoms with E-state index in [2.05, 4.69) is 5.32 Å². The summed E-state index contributed by atoms with van der Waals surface area (Å²) in [5, 5.41) is 5.08. The highest BCUT2D eigenvalue weighted by Gasteiger charge is 2.25. The number of hydrogen-bond donors (Lipinski definition) is 2. The van der Waals surface area contributed by atoms with Crippen LogP contribution in [0.15, 0.2) is 72.8 Å². The highest BCUT2D eigenvalue weighted by Crippen LogP contribution is 2.26. The maximum Gasteiger partial charge on any atom is 0.287 e. The standard InChI is InChI=1S/C24H26N2O3/c1-17-9-14-22(29-3)21(15-17)26-24(27)23(19-7-5-4-6-8-19)25-16-18-10-12-20(28-2)13-11-18/h4-15,23,25H,16H2,1-3H3,(H,26,27)/p+1/t23-/m1/s1. The van der Waals surface area contributed by atoms with Gasteiger partial charge in [-0.25, -0.2) is 0 Å². The van der Waals surface area contributed by atoms with E-state index in [1.165, 1.54) is 0 Å². The largest absolute Gasteiger partial charge is 0.497 e. The van der Waals surface area contributed by atoms with Gasteiger partial charge in [-0.2, -0.15) is 0 Å². The Labute approximate surface area is 171 Å². The number of ether oxygens (including phenoxy) is 2. The molecule has 29 heavy (non-hydrogen) atoms. The number of quaternary nitrogens is 1. The van der Waals surface area contributed by atoms with Crippen LogP contribution >= 0.6 is 0 Å². The number of anilines is 1. The summed E-state index contributed by atoms with van der Waals surface area (Å²) < 4.78 is 10.6. The summed E-state index contributed by atoms with van der Waals surface area (Å²) in [4.78, 5) is 13.2. The van der Waals surface area contributed by atoms with Crippen molar-refractivity contribution in [3.8, 4) is 11.5 Å². The number of carbonyl (C=O) groups excluding carboxylic acids is 1. The van der Waals surface area contributed by atoms with Crippen LogP contribution in [0.1, 0.15) is 22.7 Å². The minimum Gasteiger partial charge on any atom is -0.497 e. The molecule has 5 heteroatoms. The summed E-state index contributed by atoms with van der Waals surface area (Å²) in [5.74, 6) is 1.37. The lowest BCUT2D eigenvalue weighted by molar-refractivity contribution is -0.697. The third-order valence-corrected chi connectivity index (χ3v) is 4.80. The molecule has 1 atom stereocenters. The first kappa shape index (κ1) is 20.4. The summed E-state index contributed by atoms with van der Waals surface area (Å²) in [7, 11) is 3.25. The summed E-state index contributed by atoms with van der Waals surface area (Å²) in [6.07, 6.45) is 0. The minimum absolute atomic E-state index is 0.0892. The van der Waals surface area contributed by atoms with E-state index < -0.39 is 0 Å². The molecule has 0 spiro atoms. The van der Waals surface area contributed by atoms with Crippen molar-refractivity contribution in [2.24, 2.45) is 0 Å². The van der Waals surface area contributed by atoms with Crippen LogP contribution in [0.3, 0.4) is 0 Å². The number of aryl methyl sites for hydroxylation is 1.